The number of ether oxygens (including phenoxy) is 1. The van der Waals surface area contributed by atoms with Gasteiger partial charge in [0.1, 0.15) is 5.69 Å². The number of aromatic nitrogens is 1. The maximum atomic E-state index is 12.1. The maximum absolute atomic E-state index is 12.1. The maximum Gasteiger partial charge on any atom is 0.241 e. The predicted octanol–water partition coefficient (Wildman–Crippen LogP) is 1.60. The zero-order chi connectivity index (χ0) is 14.4. The molecule has 0 spiro atoms. The molecule has 1 atom stereocenters. The molecule has 0 fully saturated rings. The highest BCUT2D eigenvalue weighted by molar-refractivity contribution is 5.95. The molecule has 20 heavy (non-hydrogen) atoms. The molecule has 1 heterocycles. The third-order valence-electron chi connectivity index (χ3n) is 2.86. The van der Waals surface area contributed by atoms with Crippen molar-refractivity contribution in [3.63, 3.8) is 0 Å². The van der Waals surface area contributed by atoms with Crippen molar-refractivity contribution in [1.29, 1.82) is 0 Å². The average molecular weight is 271 g/mol. The zero-order valence-corrected chi connectivity index (χ0v) is 11.2. The van der Waals surface area contributed by atoms with E-state index in [1.807, 2.05) is 30.3 Å². The van der Waals surface area contributed by atoms with E-state index in [9.17, 15) is 4.79 Å². The van der Waals surface area contributed by atoms with Crippen LogP contribution in [0.5, 0.6) is 5.88 Å². The van der Waals surface area contributed by atoms with Crippen LogP contribution in [0, 0.1) is 0 Å². The molecule has 1 aromatic carbocycles. The molecule has 0 saturated heterocycles. The Morgan fingerprint density at radius 3 is 2.75 bits per heavy atom. The average Bonchev–Trinajstić information content (AvgIpc) is 2.48. The molecule has 2 aromatic rings. The molecule has 0 radical (unpaired) electrons. The molecule has 5 heteroatoms. The Balaban J connectivity index is 2.01. The number of nitrogens with two attached hydrogens (primary N) is 1. The number of carbonyl (C=O) groups excluding carboxylic acids is 1. The standard InChI is InChI=1S/C15H17N3O2/c1-20-15-13(8-5-9-17-15)18-14(19)12(16)10-11-6-3-2-4-7-11/h2-9,12H,10,16H2,1H3,(H,18,19). The Kier molecular flexibility index (Phi) is 4.68. The number of nitrogens with zero attached hydrogens (tertiary/aromatic N) is 1. The SMILES string of the molecule is COc1ncccc1NC(=O)C(N)Cc1ccccc1. The lowest BCUT2D eigenvalue weighted by Gasteiger charge is -2.13. The molecular formula is C15H17N3O2. The van der Waals surface area contributed by atoms with Gasteiger partial charge in [0.15, 0.2) is 0 Å². The van der Waals surface area contributed by atoms with Gasteiger partial charge in [-0.3, -0.25) is 4.79 Å². The minimum absolute atomic E-state index is 0.264. The van der Waals surface area contributed by atoms with Crippen LogP contribution in [0.1, 0.15) is 5.56 Å². The van der Waals surface area contributed by atoms with E-state index in [4.69, 9.17) is 10.5 Å². The molecule has 0 aliphatic carbocycles. The van der Waals surface area contributed by atoms with Crippen LogP contribution in [0.4, 0.5) is 5.69 Å². The molecule has 2 rings (SSSR count). The fourth-order valence-corrected chi connectivity index (χ4v) is 1.83. The van der Waals surface area contributed by atoms with Crippen molar-refractivity contribution >= 4 is 11.6 Å². The van der Waals surface area contributed by atoms with E-state index in [0.29, 0.717) is 18.0 Å². The third kappa shape index (κ3) is 3.55. The molecule has 5 nitrogen and oxygen atoms in total. The number of rotatable bonds is 5. The molecule has 0 bridgehead atoms. The van der Waals surface area contributed by atoms with Crippen LogP contribution in [-0.2, 0) is 11.2 Å². The highest BCUT2D eigenvalue weighted by Crippen LogP contribution is 2.19. The van der Waals surface area contributed by atoms with Crippen LogP contribution < -0.4 is 15.8 Å². The van der Waals surface area contributed by atoms with Crippen molar-refractivity contribution in [2.75, 3.05) is 12.4 Å². The van der Waals surface area contributed by atoms with Crippen LogP contribution in [0.15, 0.2) is 48.7 Å². The molecule has 0 aliphatic rings. The number of pyridine rings is 1. The number of hydrogen-bond acceptors (Lipinski definition) is 4. The van der Waals surface area contributed by atoms with E-state index in [0.717, 1.165) is 5.56 Å². The van der Waals surface area contributed by atoms with Gasteiger partial charge in [-0.2, -0.15) is 0 Å². The van der Waals surface area contributed by atoms with Gasteiger partial charge in [0.05, 0.1) is 13.2 Å². The summed E-state index contributed by atoms with van der Waals surface area (Å²) in [6.45, 7) is 0. The first-order valence-corrected chi connectivity index (χ1v) is 6.30. The fraction of sp³-hybridized carbons (Fsp3) is 0.200. The van der Waals surface area contributed by atoms with Crippen molar-refractivity contribution in [1.82, 2.24) is 4.98 Å². The van der Waals surface area contributed by atoms with E-state index in [2.05, 4.69) is 10.3 Å². The summed E-state index contributed by atoms with van der Waals surface area (Å²) in [5.41, 5.74) is 7.45. The van der Waals surface area contributed by atoms with Crippen LogP contribution in [0.3, 0.4) is 0 Å². The topological polar surface area (TPSA) is 77.2 Å². The first-order chi connectivity index (χ1) is 9.70. The number of carbonyl (C=O) groups is 1. The molecule has 0 aliphatic heterocycles. The second-order valence-corrected chi connectivity index (χ2v) is 4.35. The molecule has 1 amide bonds. The van der Waals surface area contributed by atoms with Gasteiger partial charge in [0.25, 0.3) is 0 Å². The number of benzene rings is 1. The highest BCUT2D eigenvalue weighted by Gasteiger charge is 2.16. The van der Waals surface area contributed by atoms with Crippen molar-refractivity contribution in [3.05, 3.63) is 54.2 Å². The van der Waals surface area contributed by atoms with Crippen molar-refractivity contribution in [3.8, 4) is 5.88 Å². The van der Waals surface area contributed by atoms with Crippen molar-refractivity contribution < 1.29 is 9.53 Å². The molecule has 1 aromatic heterocycles. The summed E-state index contributed by atoms with van der Waals surface area (Å²) in [4.78, 5) is 16.1. The monoisotopic (exact) mass is 271 g/mol. The van der Waals surface area contributed by atoms with Gasteiger partial charge in [-0.05, 0) is 24.1 Å². The van der Waals surface area contributed by atoms with Crippen LogP contribution in [0.2, 0.25) is 0 Å². The number of nitrogens with one attached hydrogen (secondary N) is 1. The zero-order valence-electron chi connectivity index (χ0n) is 11.2. The molecule has 1 unspecified atom stereocenters. The largest absolute Gasteiger partial charge is 0.480 e. The van der Waals surface area contributed by atoms with Crippen molar-refractivity contribution in [2.24, 2.45) is 5.73 Å². The Morgan fingerprint density at radius 1 is 1.30 bits per heavy atom. The Bertz CT molecular complexity index is 572. The summed E-state index contributed by atoms with van der Waals surface area (Å²) in [5, 5.41) is 2.73. The predicted molar refractivity (Wildman–Crippen MR) is 77.5 cm³/mol. The second-order valence-electron chi connectivity index (χ2n) is 4.35. The number of anilines is 1. The Hall–Kier alpha value is -2.40. The first-order valence-electron chi connectivity index (χ1n) is 6.30. The van der Waals surface area contributed by atoms with Crippen LogP contribution >= 0.6 is 0 Å². The molecule has 0 saturated carbocycles. The Morgan fingerprint density at radius 2 is 2.05 bits per heavy atom. The summed E-state index contributed by atoms with van der Waals surface area (Å²) in [6.07, 6.45) is 2.08. The summed E-state index contributed by atoms with van der Waals surface area (Å²) < 4.78 is 5.08. The lowest BCUT2D eigenvalue weighted by molar-refractivity contribution is -0.117. The summed E-state index contributed by atoms with van der Waals surface area (Å²) >= 11 is 0. The lowest BCUT2D eigenvalue weighted by Crippen LogP contribution is -2.37. The normalized spacial score (nSPS) is 11.7. The van der Waals surface area contributed by atoms with E-state index in [1.54, 1.807) is 18.3 Å². The van der Waals surface area contributed by atoms with Gasteiger partial charge in [-0.15, -0.1) is 0 Å². The minimum Gasteiger partial charge on any atom is -0.480 e. The Labute approximate surface area is 117 Å². The van der Waals surface area contributed by atoms with E-state index in [-0.39, 0.29) is 5.91 Å². The molecule has 104 valence electrons. The van der Waals surface area contributed by atoms with E-state index in [1.165, 1.54) is 7.11 Å². The summed E-state index contributed by atoms with van der Waals surface area (Å²) in [6, 6.07) is 12.5. The van der Waals surface area contributed by atoms with Crippen LogP contribution in [-0.4, -0.2) is 24.0 Å². The van der Waals surface area contributed by atoms with Crippen molar-refractivity contribution in [2.45, 2.75) is 12.5 Å². The highest BCUT2D eigenvalue weighted by atomic mass is 16.5. The lowest BCUT2D eigenvalue weighted by atomic mass is 10.1. The van der Waals surface area contributed by atoms with Gasteiger partial charge in [0, 0.05) is 6.20 Å². The second kappa shape index (κ2) is 6.68. The summed E-state index contributed by atoms with van der Waals surface area (Å²) in [5.74, 6) is 0.105. The number of amides is 1. The summed E-state index contributed by atoms with van der Waals surface area (Å²) in [7, 11) is 1.50. The van der Waals surface area contributed by atoms with E-state index >= 15 is 0 Å². The van der Waals surface area contributed by atoms with Gasteiger partial charge in [-0.25, -0.2) is 4.98 Å². The van der Waals surface area contributed by atoms with Gasteiger partial charge >= 0.3 is 0 Å². The minimum atomic E-state index is -0.623. The molecular weight excluding hydrogens is 254 g/mol. The number of hydrogen-bond donors (Lipinski definition) is 2. The quantitative estimate of drug-likeness (QED) is 0.866. The van der Waals surface area contributed by atoms with Gasteiger partial charge in [0.2, 0.25) is 11.8 Å². The van der Waals surface area contributed by atoms with Gasteiger partial charge < -0.3 is 15.8 Å². The number of methoxy groups -OCH3 is 1. The molecule has 3 N–H and O–H groups in total. The third-order valence-corrected chi connectivity index (χ3v) is 2.86. The smallest absolute Gasteiger partial charge is 0.241 e. The van der Waals surface area contributed by atoms with Crippen LogP contribution in [0.25, 0.3) is 0 Å². The van der Waals surface area contributed by atoms with Gasteiger partial charge in [-0.1, -0.05) is 30.3 Å². The first kappa shape index (κ1) is 14.0. The van der Waals surface area contributed by atoms with E-state index < -0.39 is 6.04 Å². The fourth-order valence-electron chi connectivity index (χ4n) is 1.83.